The quantitative estimate of drug-likeness (QED) is 0.230. The lowest BCUT2D eigenvalue weighted by molar-refractivity contribution is -0.142. The first-order valence-corrected chi connectivity index (χ1v) is 13.1. The third-order valence-corrected chi connectivity index (χ3v) is 5.72. The summed E-state index contributed by atoms with van der Waals surface area (Å²) in [7, 11) is 0. The van der Waals surface area contributed by atoms with Crippen LogP contribution < -0.4 is 10.6 Å². The summed E-state index contributed by atoms with van der Waals surface area (Å²) in [6.07, 6.45) is 3.38. The van der Waals surface area contributed by atoms with Gasteiger partial charge in [0.2, 0.25) is 11.8 Å². The summed E-state index contributed by atoms with van der Waals surface area (Å²) in [5.74, 6) is -0.906. The number of unbranched alkanes of at least 4 members (excludes halogenated alkanes) is 2. The molecule has 0 spiro atoms. The first-order chi connectivity index (χ1) is 16.4. The van der Waals surface area contributed by atoms with Gasteiger partial charge in [0.15, 0.2) is 0 Å². The Labute approximate surface area is 215 Å². The van der Waals surface area contributed by atoms with E-state index in [1.54, 1.807) is 39.0 Å². The van der Waals surface area contributed by atoms with Crippen LogP contribution in [-0.4, -0.2) is 57.9 Å². The third-order valence-electron chi connectivity index (χ3n) is 5.36. The molecule has 0 radical (unpaired) electrons. The lowest BCUT2D eigenvalue weighted by Crippen LogP contribution is -2.54. The number of carbonyl (C=O) groups is 3. The Kier molecular flexibility index (Phi) is 13.0. The van der Waals surface area contributed by atoms with Crippen LogP contribution in [0, 0.1) is 0 Å². The smallest absolute Gasteiger partial charge is 0.408 e. The van der Waals surface area contributed by atoms with Crippen LogP contribution in [0.3, 0.4) is 0 Å². The molecular formula is C26H43N3O5S. The molecule has 1 aromatic carbocycles. The van der Waals surface area contributed by atoms with Gasteiger partial charge in [-0.15, -0.1) is 0 Å². The van der Waals surface area contributed by atoms with Crippen LogP contribution in [0.25, 0.3) is 0 Å². The van der Waals surface area contributed by atoms with Crippen LogP contribution in [0.5, 0.6) is 5.75 Å². The van der Waals surface area contributed by atoms with Crippen molar-refractivity contribution in [1.29, 1.82) is 0 Å². The minimum absolute atomic E-state index is 0.0176. The van der Waals surface area contributed by atoms with Gasteiger partial charge in [-0.05, 0) is 46.6 Å². The number of ether oxygens (including phenoxy) is 1. The summed E-state index contributed by atoms with van der Waals surface area (Å²) in [4.78, 5) is 41.1. The molecule has 0 aliphatic rings. The van der Waals surface area contributed by atoms with Crippen molar-refractivity contribution in [2.24, 2.45) is 0 Å². The van der Waals surface area contributed by atoms with Crippen LogP contribution in [-0.2, 0) is 14.3 Å². The lowest BCUT2D eigenvalue weighted by Gasteiger charge is -2.35. The zero-order valence-electron chi connectivity index (χ0n) is 22.0. The van der Waals surface area contributed by atoms with E-state index in [2.05, 4.69) is 23.3 Å². The van der Waals surface area contributed by atoms with E-state index in [9.17, 15) is 19.5 Å². The number of phenols is 1. The minimum atomic E-state index is -1.07. The van der Waals surface area contributed by atoms with Gasteiger partial charge in [0.25, 0.3) is 0 Å². The Morgan fingerprint density at radius 2 is 1.74 bits per heavy atom. The Bertz CT molecular complexity index is 827. The van der Waals surface area contributed by atoms with Crippen LogP contribution in [0.15, 0.2) is 24.3 Å². The number of thiol groups is 1. The number of hydrogen-bond acceptors (Lipinski definition) is 6. The van der Waals surface area contributed by atoms with E-state index in [-0.39, 0.29) is 30.0 Å². The second-order valence-corrected chi connectivity index (χ2v) is 10.1. The normalized spacial score (nSPS) is 13.9. The first kappa shape index (κ1) is 30.6. The Morgan fingerprint density at radius 3 is 2.29 bits per heavy atom. The van der Waals surface area contributed by atoms with E-state index in [4.69, 9.17) is 4.74 Å². The van der Waals surface area contributed by atoms with Crippen molar-refractivity contribution in [3.05, 3.63) is 29.8 Å². The zero-order chi connectivity index (χ0) is 26.6. The number of benzene rings is 1. The zero-order valence-corrected chi connectivity index (χ0v) is 22.9. The van der Waals surface area contributed by atoms with E-state index < -0.39 is 29.7 Å². The molecule has 1 rings (SSSR count). The standard InChI is InChI=1S/C26H43N3O5S/c1-7-9-12-16-29(24(32)20(17-35)28-25(33)34-26(4,5)6)22(19-14-10-11-15-21(19)30)23(31)27-18(3)13-8-2/h10-11,14-15,18,20,22,30,35H,7-9,12-13,16-17H2,1-6H3,(H,27,31)(H,28,33). The Balaban J connectivity index is 3.40. The molecule has 35 heavy (non-hydrogen) atoms. The lowest BCUT2D eigenvalue weighted by atomic mass is 10.0. The van der Waals surface area contributed by atoms with Crippen molar-refractivity contribution in [3.8, 4) is 5.75 Å². The van der Waals surface area contributed by atoms with Gasteiger partial charge in [0.1, 0.15) is 23.4 Å². The molecule has 3 N–H and O–H groups in total. The highest BCUT2D eigenvalue weighted by Gasteiger charge is 2.37. The average Bonchev–Trinajstić information content (AvgIpc) is 2.76. The first-order valence-electron chi connectivity index (χ1n) is 12.4. The van der Waals surface area contributed by atoms with Crippen molar-refractivity contribution in [1.82, 2.24) is 15.5 Å². The van der Waals surface area contributed by atoms with Gasteiger partial charge < -0.3 is 25.4 Å². The number of aromatic hydroxyl groups is 1. The summed E-state index contributed by atoms with van der Waals surface area (Å²) < 4.78 is 5.32. The van der Waals surface area contributed by atoms with Gasteiger partial charge >= 0.3 is 6.09 Å². The van der Waals surface area contributed by atoms with Gasteiger partial charge in [-0.25, -0.2) is 4.79 Å². The molecule has 0 saturated carbocycles. The van der Waals surface area contributed by atoms with Gasteiger partial charge in [0, 0.05) is 23.9 Å². The van der Waals surface area contributed by atoms with E-state index in [1.807, 2.05) is 20.8 Å². The molecule has 0 heterocycles. The molecule has 0 saturated heterocycles. The topological polar surface area (TPSA) is 108 Å². The minimum Gasteiger partial charge on any atom is -0.508 e. The summed E-state index contributed by atoms with van der Waals surface area (Å²) in [5, 5.41) is 16.2. The summed E-state index contributed by atoms with van der Waals surface area (Å²) in [6.45, 7) is 11.5. The molecule has 0 bridgehead atoms. The number of alkyl carbamates (subject to hydrolysis) is 1. The molecule has 3 unspecified atom stereocenters. The van der Waals surface area contributed by atoms with Crippen LogP contribution in [0.4, 0.5) is 4.79 Å². The monoisotopic (exact) mass is 509 g/mol. The third kappa shape index (κ3) is 10.4. The van der Waals surface area contributed by atoms with E-state index in [0.29, 0.717) is 12.0 Å². The molecule has 0 aliphatic heterocycles. The van der Waals surface area contributed by atoms with Crippen LogP contribution in [0.1, 0.15) is 85.3 Å². The predicted octanol–water partition coefficient (Wildman–Crippen LogP) is 4.58. The molecular weight excluding hydrogens is 466 g/mol. The molecule has 198 valence electrons. The Morgan fingerprint density at radius 1 is 1.09 bits per heavy atom. The fourth-order valence-electron chi connectivity index (χ4n) is 3.73. The number of amides is 3. The molecule has 3 atom stereocenters. The van der Waals surface area contributed by atoms with Crippen molar-refractivity contribution < 1.29 is 24.2 Å². The maximum Gasteiger partial charge on any atom is 0.408 e. The Hall–Kier alpha value is -2.42. The number of phenolic OH excluding ortho intramolecular Hbond substituents is 1. The molecule has 3 amide bonds. The van der Waals surface area contributed by atoms with Gasteiger partial charge in [-0.1, -0.05) is 51.3 Å². The maximum atomic E-state index is 13.8. The average molecular weight is 510 g/mol. The molecule has 0 fully saturated rings. The van der Waals surface area contributed by atoms with E-state index >= 15 is 0 Å². The largest absolute Gasteiger partial charge is 0.508 e. The number of nitrogens with one attached hydrogen (secondary N) is 2. The molecule has 9 heteroatoms. The second-order valence-electron chi connectivity index (χ2n) is 9.78. The number of nitrogens with zero attached hydrogens (tertiary/aromatic N) is 1. The van der Waals surface area contributed by atoms with Crippen LogP contribution in [0.2, 0.25) is 0 Å². The maximum absolute atomic E-state index is 13.8. The fraction of sp³-hybridized carbons (Fsp3) is 0.654. The number of carbonyl (C=O) groups excluding carboxylic acids is 3. The fourth-order valence-corrected chi connectivity index (χ4v) is 3.98. The molecule has 8 nitrogen and oxygen atoms in total. The highest BCUT2D eigenvalue weighted by atomic mass is 32.1. The van der Waals surface area contributed by atoms with Gasteiger partial charge in [0.05, 0.1) is 0 Å². The van der Waals surface area contributed by atoms with Gasteiger partial charge in [-0.3, -0.25) is 9.59 Å². The van der Waals surface area contributed by atoms with Crippen molar-refractivity contribution in [2.75, 3.05) is 12.3 Å². The van der Waals surface area contributed by atoms with E-state index in [0.717, 1.165) is 25.7 Å². The van der Waals surface area contributed by atoms with Gasteiger partial charge in [-0.2, -0.15) is 12.6 Å². The number of hydrogen-bond donors (Lipinski definition) is 4. The van der Waals surface area contributed by atoms with Crippen molar-refractivity contribution in [2.45, 2.75) is 97.4 Å². The molecule has 0 aromatic heterocycles. The number of para-hydroxylation sites is 1. The predicted molar refractivity (Wildman–Crippen MR) is 142 cm³/mol. The van der Waals surface area contributed by atoms with Crippen LogP contribution >= 0.6 is 12.6 Å². The summed E-state index contributed by atoms with van der Waals surface area (Å²) in [6, 6.07) is 4.34. The second kappa shape index (κ2) is 14.9. The summed E-state index contributed by atoms with van der Waals surface area (Å²) in [5.41, 5.74) is -0.406. The van der Waals surface area contributed by atoms with Crippen molar-refractivity contribution >= 4 is 30.5 Å². The number of rotatable bonds is 13. The summed E-state index contributed by atoms with van der Waals surface area (Å²) >= 11 is 4.29. The highest BCUT2D eigenvalue weighted by Crippen LogP contribution is 2.30. The highest BCUT2D eigenvalue weighted by molar-refractivity contribution is 7.80. The molecule has 0 aliphatic carbocycles. The van der Waals surface area contributed by atoms with Crippen molar-refractivity contribution in [3.63, 3.8) is 0 Å². The van der Waals surface area contributed by atoms with E-state index in [1.165, 1.54) is 11.0 Å². The SMILES string of the molecule is CCCCCN(C(=O)C(CS)NC(=O)OC(C)(C)C)C(C(=O)NC(C)CCC)c1ccccc1O. The molecule has 1 aromatic rings.